The molecule has 2 fully saturated rings. The third kappa shape index (κ3) is 3.79. The van der Waals surface area contributed by atoms with Gasteiger partial charge in [0, 0.05) is 36.1 Å². The van der Waals surface area contributed by atoms with E-state index in [4.69, 9.17) is 10.1 Å². The monoisotopic (exact) mass is 442 g/mol. The summed E-state index contributed by atoms with van der Waals surface area (Å²) >= 11 is 0. The Morgan fingerprint density at radius 3 is 2.88 bits per heavy atom. The first-order chi connectivity index (χ1) is 16.2. The minimum absolute atomic E-state index is 0.0334. The van der Waals surface area contributed by atoms with Gasteiger partial charge in [-0.25, -0.2) is 4.52 Å². The molecular formula is C24H26N8O. The summed E-state index contributed by atoms with van der Waals surface area (Å²) in [5.74, 6) is 2.50. The largest absolute Gasteiger partial charge is 0.327 e. The van der Waals surface area contributed by atoms with Crippen LogP contribution in [0.5, 0.6) is 0 Å². The number of hydrogen-bond acceptors (Lipinski definition) is 6. The van der Waals surface area contributed by atoms with E-state index >= 15 is 0 Å². The standard InChI is InChI=1S/C24H26N8O/c1-15-6-2-3-7-17(15)25-23(33)20-9-4-12-31(20)24-27-22(19-8-5-13-32(19)30-24)26-21-14-18(28-29-21)16-10-11-16/h2-3,5-8,13-14,16,20H,4,9-12H2,1H3,(H,25,33)(H2,26,27,28,29,30)/t20-/m0/s1. The molecule has 3 N–H and O–H groups in total. The maximum Gasteiger partial charge on any atom is 0.247 e. The summed E-state index contributed by atoms with van der Waals surface area (Å²) in [6, 6.07) is 13.4. The highest BCUT2D eigenvalue weighted by atomic mass is 16.2. The Bertz CT molecular complexity index is 1320. The quantitative estimate of drug-likeness (QED) is 0.417. The second kappa shape index (κ2) is 7.91. The van der Waals surface area contributed by atoms with E-state index in [0.29, 0.717) is 17.7 Å². The van der Waals surface area contributed by atoms with E-state index in [1.54, 1.807) is 4.52 Å². The fourth-order valence-electron chi connectivity index (χ4n) is 4.47. The predicted octanol–water partition coefficient (Wildman–Crippen LogP) is 3.99. The van der Waals surface area contributed by atoms with Gasteiger partial charge in [0.1, 0.15) is 11.6 Å². The highest BCUT2D eigenvalue weighted by Crippen LogP contribution is 2.39. The molecule has 1 aromatic carbocycles. The number of anilines is 4. The van der Waals surface area contributed by atoms with E-state index in [-0.39, 0.29) is 11.9 Å². The topological polar surface area (TPSA) is 103 Å². The maximum atomic E-state index is 13.2. The first-order valence-electron chi connectivity index (χ1n) is 11.5. The number of aryl methyl sites for hydroxylation is 1. The first-order valence-corrected chi connectivity index (χ1v) is 11.5. The van der Waals surface area contributed by atoms with Gasteiger partial charge in [-0.3, -0.25) is 9.89 Å². The number of amides is 1. The predicted molar refractivity (Wildman–Crippen MR) is 127 cm³/mol. The average Bonchev–Trinajstić information content (AvgIpc) is 3.20. The fraction of sp³-hybridized carbons (Fsp3) is 0.333. The van der Waals surface area contributed by atoms with Crippen LogP contribution in [0, 0.1) is 6.92 Å². The highest BCUT2D eigenvalue weighted by molar-refractivity contribution is 5.97. The van der Waals surface area contributed by atoms with Gasteiger partial charge in [0.25, 0.3) is 0 Å². The van der Waals surface area contributed by atoms with E-state index in [0.717, 1.165) is 47.7 Å². The third-order valence-electron chi connectivity index (χ3n) is 6.46. The van der Waals surface area contributed by atoms with Crippen LogP contribution in [0.4, 0.5) is 23.3 Å². The lowest BCUT2D eigenvalue weighted by atomic mass is 10.1. The molecule has 1 aliphatic heterocycles. The number of aromatic amines is 1. The van der Waals surface area contributed by atoms with Crippen LogP contribution >= 0.6 is 0 Å². The Balaban J connectivity index is 1.28. The van der Waals surface area contributed by atoms with Crippen LogP contribution in [-0.2, 0) is 4.79 Å². The van der Waals surface area contributed by atoms with Crippen LogP contribution in [0.3, 0.4) is 0 Å². The van der Waals surface area contributed by atoms with Crippen molar-refractivity contribution in [2.45, 2.75) is 44.6 Å². The molecule has 0 unspecified atom stereocenters. The normalized spacial score (nSPS) is 18.1. The summed E-state index contributed by atoms with van der Waals surface area (Å²) in [6.45, 7) is 2.72. The van der Waals surface area contributed by atoms with Crippen molar-refractivity contribution in [3.8, 4) is 0 Å². The Kier molecular flexibility index (Phi) is 4.74. The van der Waals surface area contributed by atoms with E-state index in [9.17, 15) is 4.79 Å². The molecule has 4 heterocycles. The lowest BCUT2D eigenvalue weighted by molar-refractivity contribution is -0.117. The zero-order valence-electron chi connectivity index (χ0n) is 18.5. The number of carbonyl (C=O) groups excluding carboxylic acids is 1. The van der Waals surface area contributed by atoms with Crippen molar-refractivity contribution < 1.29 is 4.79 Å². The highest BCUT2D eigenvalue weighted by Gasteiger charge is 2.33. The number of nitrogens with zero attached hydrogens (tertiary/aromatic N) is 5. The summed E-state index contributed by atoms with van der Waals surface area (Å²) in [5, 5.41) is 18.7. The van der Waals surface area contributed by atoms with Crippen molar-refractivity contribution in [1.82, 2.24) is 24.8 Å². The van der Waals surface area contributed by atoms with Gasteiger partial charge < -0.3 is 15.5 Å². The van der Waals surface area contributed by atoms with Crippen molar-refractivity contribution in [1.29, 1.82) is 0 Å². The molecule has 0 bridgehead atoms. The van der Waals surface area contributed by atoms with Crippen molar-refractivity contribution in [3.63, 3.8) is 0 Å². The Hall–Kier alpha value is -3.88. The third-order valence-corrected chi connectivity index (χ3v) is 6.46. The van der Waals surface area contributed by atoms with Crippen molar-refractivity contribution >= 4 is 34.7 Å². The number of carbonyl (C=O) groups is 1. The number of hydrogen-bond donors (Lipinski definition) is 3. The SMILES string of the molecule is Cc1ccccc1NC(=O)[C@@H]1CCCN1c1nc(Nc2cc(C3CC3)[nH]n2)c2cccn2n1. The Morgan fingerprint density at radius 1 is 1.15 bits per heavy atom. The molecule has 1 saturated carbocycles. The molecular weight excluding hydrogens is 416 g/mol. The van der Waals surface area contributed by atoms with Crippen LogP contribution in [0.25, 0.3) is 5.52 Å². The molecule has 0 spiro atoms. The first kappa shape index (κ1) is 19.8. The summed E-state index contributed by atoms with van der Waals surface area (Å²) in [5.41, 5.74) is 3.89. The van der Waals surface area contributed by atoms with E-state index in [1.165, 1.54) is 12.8 Å². The van der Waals surface area contributed by atoms with Gasteiger partial charge in [-0.15, -0.1) is 5.10 Å². The molecule has 9 heteroatoms. The molecule has 1 amide bonds. The van der Waals surface area contributed by atoms with E-state index in [2.05, 4.69) is 20.8 Å². The number of rotatable bonds is 6. The summed E-state index contributed by atoms with van der Waals surface area (Å²) in [6.07, 6.45) is 5.99. The van der Waals surface area contributed by atoms with Gasteiger partial charge >= 0.3 is 0 Å². The number of aromatic nitrogens is 5. The van der Waals surface area contributed by atoms with Gasteiger partial charge in [-0.2, -0.15) is 10.1 Å². The number of para-hydroxylation sites is 1. The Labute approximate surface area is 191 Å². The summed E-state index contributed by atoms with van der Waals surface area (Å²) < 4.78 is 1.80. The van der Waals surface area contributed by atoms with E-state index in [1.807, 2.05) is 60.5 Å². The summed E-state index contributed by atoms with van der Waals surface area (Å²) in [4.78, 5) is 20.0. The van der Waals surface area contributed by atoms with Crippen LogP contribution in [0.15, 0.2) is 48.7 Å². The molecule has 2 aliphatic rings. The van der Waals surface area contributed by atoms with Crippen molar-refractivity contribution in [2.75, 3.05) is 22.1 Å². The fourth-order valence-corrected chi connectivity index (χ4v) is 4.47. The average molecular weight is 443 g/mol. The van der Waals surface area contributed by atoms with Gasteiger partial charge in [-0.1, -0.05) is 18.2 Å². The van der Waals surface area contributed by atoms with Crippen LogP contribution < -0.4 is 15.5 Å². The lowest BCUT2D eigenvalue weighted by Gasteiger charge is -2.24. The minimum atomic E-state index is -0.322. The minimum Gasteiger partial charge on any atom is -0.327 e. The molecule has 3 aromatic heterocycles. The second-order valence-corrected chi connectivity index (χ2v) is 8.86. The lowest BCUT2D eigenvalue weighted by Crippen LogP contribution is -2.41. The molecule has 1 saturated heterocycles. The number of fused-ring (bicyclic) bond motifs is 1. The zero-order chi connectivity index (χ0) is 22.4. The number of nitrogens with one attached hydrogen (secondary N) is 3. The maximum absolute atomic E-state index is 13.2. The molecule has 1 atom stereocenters. The van der Waals surface area contributed by atoms with Gasteiger partial charge in [-0.05, 0) is 56.4 Å². The molecule has 6 rings (SSSR count). The summed E-state index contributed by atoms with van der Waals surface area (Å²) in [7, 11) is 0. The molecule has 4 aromatic rings. The molecule has 9 nitrogen and oxygen atoms in total. The number of benzene rings is 1. The molecule has 1 aliphatic carbocycles. The molecule has 0 radical (unpaired) electrons. The number of H-pyrrole nitrogens is 1. The zero-order valence-corrected chi connectivity index (χ0v) is 18.5. The van der Waals surface area contributed by atoms with E-state index < -0.39 is 0 Å². The second-order valence-electron chi connectivity index (χ2n) is 8.86. The van der Waals surface area contributed by atoms with Gasteiger partial charge in [0.2, 0.25) is 11.9 Å². The van der Waals surface area contributed by atoms with Gasteiger partial charge in [0.05, 0.1) is 0 Å². The van der Waals surface area contributed by atoms with Crippen molar-refractivity contribution in [3.05, 3.63) is 59.9 Å². The Morgan fingerprint density at radius 2 is 2.03 bits per heavy atom. The van der Waals surface area contributed by atoms with Crippen molar-refractivity contribution in [2.24, 2.45) is 0 Å². The van der Waals surface area contributed by atoms with Gasteiger partial charge in [0.15, 0.2) is 11.6 Å². The molecule has 168 valence electrons. The van der Waals surface area contributed by atoms with Crippen LogP contribution in [0.1, 0.15) is 42.9 Å². The smallest absolute Gasteiger partial charge is 0.247 e. The van der Waals surface area contributed by atoms with Crippen LogP contribution in [-0.4, -0.2) is 43.3 Å². The molecule has 33 heavy (non-hydrogen) atoms. The van der Waals surface area contributed by atoms with Crippen LogP contribution in [0.2, 0.25) is 0 Å².